The Balaban J connectivity index is 2.32. The molecule has 0 aliphatic rings. The van der Waals surface area contributed by atoms with Crippen molar-refractivity contribution in [3.63, 3.8) is 0 Å². The second kappa shape index (κ2) is 5.00. The van der Waals surface area contributed by atoms with E-state index in [0.29, 0.717) is 11.3 Å². The van der Waals surface area contributed by atoms with E-state index < -0.39 is 0 Å². The zero-order valence-electron chi connectivity index (χ0n) is 10.7. The minimum atomic E-state index is -0.128. The molecule has 0 amide bonds. The van der Waals surface area contributed by atoms with Crippen LogP contribution in [0.3, 0.4) is 0 Å². The molecular formula is C14H16N2OS. The van der Waals surface area contributed by atoms with E-state index in [1.165, 1.54) is 16.9 Å². The van der Waals surface area contributed by atoms with Crippen LogP contribution in [0, 0.1) is 13.8 Å². The molecule has 0 aliphatic heterocycles. The van der Waals surface area contributed by atoms with Crippen LogP contribution >= 0.6 is 11.3 Å². The third kappa shape index (κ3) is 2.49. The first-order valence-corrected chi connectivity index (χ1v) is 6.70. The lowest BCUT2D eigenvalue weighted by molar-refractivity contribution is 0.103. The fourth-order valence-electron chi connectivity index (χ4n) is 1.63. The average molecular weight is 260 g/mol. The molecule has 4 heteroatoms. The fourth-order valence-corrected chi connectivity index (χ4v) is 2.39. The van der Waals surface area contributed by atoms with Crippen molar-refractivity contribution < 1.29 is 4.79 Å². The van der Waals surface area contributed by atoms with Crippen LogP contribution in [-0.2, 0) is 0 Å². The van der Waals surface area contributed by atoms with Crippen LogP contribution in [0.1, 0.15) is 45.2 Å². The molecule has 0 radical (unpaired) electrons. The van der Waals surface area contributed by atoms with Crippen molar-refractivity contribution in [1.82, 2.24) is 4.98 Å². The molecule has 1 unspecified atom stereocenters. The zero-order chi connectivity index (χ0) is 13.3. The topological polar surface area (TPSA) is 56.0 Å². The quantitative estimate of drug-likeness (QED) is 0.863. The van der Waals surface area contributed by atoms with Crippen molar-refractivity contribution in [2.45, 2.75) is 26.8 Å². The highest BCUT2D eigenvalue weighted by Gasteiger charge is 2.15. The highest BCUT2D eigenvalue weighted by molar-refractivity contribution is 7.09. The fraction of sp³-hybridized carbons (Fsp3) is 0.286. The molecule has 0 saturated heterocycles. The molecule has 0 spiro atoms. The summed E-state index contributed by atoms with van der Waals surface area (Å²) in [5.74, 6) is -0.0405. The minimum absolute atomic E-state index is 0.0405. The summed E-state index contributed by atoms with van der Waals surface area (Å²) in [5, 5.41) is 2.57. The average Bonchev–Trinajstić information content (AvgIpc) is 2.81. The lowest BCUT2D eigenvalue weighted by Gasteiger charge is -2.03. The Hall–Kier alpha value is -1.52. The number of aromatic nitrogens is 1. The van der Waals surface area contributed by atoms with Crippen molar-refractivity contribution in [2.24, 2.45) is 5.73 Å². The Morgan fingerprint density at radius 2 is 2.06 bits per heavy atom. The number of hydrogen-bond donors (Lipinski definition) is 1. The number of hydrogen-bond acceptors (Lipinski definition) is 4. The van der Waals surface area contributed by atoms with Crippen LogP contribution in [0.2, 0.25) is 0 Å². The van der Waals surface area contributed by atoms with Gasteiger partial charge in [0.15, 0.2) is 0 Å². The maximum atomic E-state index is 12.2. The summed E-state index contributed by atoms with van der Waals surface area (Å²) in [6, 6.07) is 5.58. The van der Waals surface area contributed by atoms with E-state index in [-0.39, 0.29) is 11.8 Å². The number of thiazole rings is 1. The van der Waals surface area contributed by atoms with Gasteiger partial charge in [0.05, 0.1) is 6.04 Å². The first kappa shape index (κ1) is 12.9. The number of nitrogens with two attached hydrogens (primary N) is 1. The molecule has 0 saturated carbocycles. The van der Waals surface area contributed by atoms with Crippen LogP contribution in [0.5, 0.6) is 0 Å². The lowest BCUT2D eigenvalue weighted by Crippen LogP contribution is -2.07. The van der Waals surface area contributed by atoms with Crippen LogP contribution in [0.4, 0.5) is 0 Å². The third-order valence-electron chi connectivity index (χ3n) is 2.91. The van der Waals surface area contributed by atoms with Gasteiger partial charge >= 0.3 is 0 Å². The van der Waals surface area contributed by atoms with E-state index in [9.17, 15) is 4.79 Å². The van der Waals surface area contributed by atoms with Crippen molar-refractivity contribution in [1.29, 1.82) is 0 Å². The highest BCUT2D eigenvalue weighted by atomic mass is 32.1. The van der Waals surface area contributed by atoms with Gasteiger partial charge in [0, 0.05) is 10.9 Å². The monoisotopic (exact) mass is 260 g/mol. The van der Waals surface area contributed by atoms with E-state index in [1.807, 2.05) is 39.0 Å². The maximum Gasteiger partial charge on any atom is 0.212 e. The molecule has 18 heavy (non-hydrogen) atoms. The molecule has 94 valence electrons. The van der Waals surface area contributed by atoms with E-state index in [1.54, 1.807) is 5.38 Å². The van der Waals surface area contributed by atoms with Gasteiger partial charge in [-0.05, 0) is 38.0 Å². The molecule has 2 rings (SSSR count). The highest BCUT2D eigenvalue weighted by Crippen LogP contribution is 2.19. The van der Waals surface area contributed by atoms with Gasteiger partial charge in [-0.15, -0.1) is 11.3 Å². The molecule has 0 aliphatic carbocycles. The lowest BCUT2D eigenvalue weighted by atomic mass is 10.0. The number of benzene rings is 1. The molecule has 1 aromatic carbocycles. The summed E-state index contributed by atoms with van der Waals surface area (Å²) in [5.41, 5.74) is 9.20. The number of carbonyl (C=O) groups excluding carboxylic acids is 1. The van der Waals surface area contributed by atoms with Gasteiger partial charge < -0.3 is 5.73 Å². The molecule has 3 nitrogen and oxygen atoms in total. The number of carbonyl (C=O) groups is 1. The SMILES string of the molecule is Cc1ccc(C(=O)c2csc(C(C)N)n2)cc1C. The predicted octanol–water partition coefficient (Wildman–Crippen LogP) is 3.01. The molecule has 1 atom stereocenters. The number of rotatable bonds is 3. The summed E-state index contributed by atoms with van der Waals surface area (Å²) in [4.78, 5) is 16.5. The summed E-state index contributed by atoms with van der Waals surface area (Å²) >= 11 is 1.43. The van der Waals surface area contributed by atoms with Crippen molar-refractivity contribution in [3.8, 4) is 0 Å². The first-order valence-electron chi connectivity index (χ1n) is 5.82. The first-order chi connectivity index (χ1) is 8.49. The van der Waals surface area contributed by atoms with E-state index in [0.717, 1.165) is 10.6 Å². The molecule has 2 aromatic rings. The standard InChI is InChI=1S/C14H16N2OS/c1-8-4-5-11(6-9(8)2)13(17)12-7-18-14(16-12)10(3)15/h4-7,10H,15H2,1-3H3. The van der Waals surface area contributed by atoms with Crippen LogP contribution in [0.25, 0.3) is 0 Å². The van der Waals surface area contributed by atoms with Gasteiger partial charge in [-0.1, -0.05) is 12.1 Å². The summed E-state index contributed by atoms with van der Waals surface area (Å²) in [7, 11) is 0. The second-order valence-corrected chi connectivity index (χ2v) is 5.38. The van der Waals surface area contributed by atoms with E-state index >= 15 is 0 Å². The Morgan fingerprint density at radius 3 is 2.61 bits per heavy atom. The van der Waals surface area contributed by atoms with Crippen molar-refractivity contribution >= 4 is 17.1 Å². The molecule has 1 aromatic heterocycles. The third-order valence-corrected chi connectivity index (χ3v) is 3.96. The summed E-state index contributed by atoms with van der Waals surface area (Å²) < 4.78 is 0. The Morgan fingerprint density at radius 1 is 1.33 bits per heavy atom. The van der Waals surface area contributed by atoms with Crippen LogP contribution in [-0.4, -0.2) is 10.8 Å². The zero-order valence-corrected chi connectivity index (χ0v) is 11.5. The molecule has 0 bridgehead atoms. The molecule has 1 heterocycles. The molecule has 2 N–H and O–H groups in total. The molecular weight excluding hydrogens is 244 g/mol. The largest absolute Gasteiger partial charge is 0.322 e. The maximum absolute atomic E-state index is 12.2. The normalized spacial score (nSPS) is 12.4. The van der Waals surface area contributed by atoms with Gasteiger partial charge in [0.25, 0.3) is 0 Å². The van der Waals surface area contributed by atoms with Crippen molar-refractivity contribution in [3.05, 3.63) is 51.0 Å². The Kier molecular flexibility index (Phi) is 3.59. The predicted molar refractivity (Wildman–Crippen MR) is 74.1 cm³/mol. The summed E-state index contributed by atoms with van der Waals surface area (Å²) in [6.45, 7) is 5.89. The number of aryl methyl sites for hydroxylation is 2. The van der Waals surface area contributed by atoms with E-state index in [4.69, 9.17) is 5.73 Å². The Bertz CT molecular complexity index is 587. The van der Waals surface area contributed by atoms with Gasteiger partial charge in [-0.2, -0.15) is 0 Å². The van der Waals surface area contributed by atoms with E-state index in [2.05, 4.69) is 4.98 Å². The van der Waals surface area contributed by atoms with Gasteiger partial charge in [0.1, 0.15) is 10.7 Å². The van der Waals surface area contributed by atoms with Gasteiger partial charge in [-0.25, -0.2) is 4.98 Å². The Labute approximate surface area is 111 Å². The minimum Gasteiger partial charge on any atom is -0.322 e. The van der Waals surface area contributed by atoms with Crippen LogP contribution < -0.4 is 5.73 Å². The van der Waals surface area contributed by atoms with Crippen molar-refractivity contribution in [2.75, 3.05) is 0 Å². The second-order valence-electron chi connectivity index (χ2n) is 4.49. The summed E-state index contributed by atoms with van der Waals surface area (Å²) in [6.07, 6.45) is 0. The number of nitrogens with zero attached hydrogens (tertiary/aromatic N) is 1. The van der Waals surface area contributed by atoms with Crippen LogP contribution in [0.15, 0.2) is 23.6 Å². The smallest absolute Gasteiger partial charge is 0.212 e. The number of ketones is 1. The van der Waals surface area contributed by atoms with Gasteiger partial charge in [-0.3, -0.25) is 4.79 Å². The van der Waals surface area contributed by atoms with Gasteiger partial charge in [0.2, 0.25) is 5.78 Å². The molecule has 0 fully saturated rings.